The van der Waals surface area contributed by atoms with Crippen molar-refractivity contribution in [2.24, 2.45) is 0 Å². The molecule has 0 heterocycles. The minimum atomic E-state index is 0.487. The van der Waals surface area contributed by atoms with Crippen molar-refractivity contribution in [2.45, 2.75) is 96.8 Å². The maximum absolute atomic E-state index is 8.17. The lowest BCUT2D eigenvalue weighted by atomic mass is 10.1. The molecule has 0 bridgehead atoms. The second kappa shape index (κ2) is 18.7. The smallest absolute Gasteiger partial charge is 0.0819 e. The monoisotopic (exact) mass is 284 g/mol. The zero-order valence-electron chi connectivity index (χ0n) is 13.6. The van der Waals surface area contributed by atoms with Gasteiger partial charge in [-0.15, -0.1) is 0 Å². The van der Waals surface area contributed by atoms with Crippen LogP contribution in [0.2, 0.25) is 0 Å². The molecular formula is C18H36O2. The van der Waals surface area contributed by atoms with Gasteiger partial charge in [0.2, 0.25) is 0 Å². The Kier molecular flexibility index (Phi) is 18.3. The molecule has 0 aromatic heterocycles. The van der Waals surface area contributed by atoms with Crippen molar-refractivity contribution in [3.05, 3.63) is 12.2 Å². The first kappa shape index (κ1) is 19.7. The van der Waals surface area contributed by atoms with Gasteiger partial charge in [0.1, 0.15) is 0 Å². The molecule has 0 aromatic rings. The van der Waals surface area contributed by atoms with Crippen LogP contribution in [0, 0.1) is 0 Å². The predicted molar refractivity (Wildman–Crippen MR) is 88.0 cm³/mol. The van der Waals surface area contributed by atoms with E-state index in [1.165, 1.54) is 83.5 Å². The van der Waals surface area contributed by atoms with Crippen molar-refractivity contribution < 1.29 is 10.1 Å². The van der Waals surface area contributed by atoms with Crippen LogP contribution in [-0.2, 0) is 4.89 Å². The van der Waals surface area contributed by atoms with Gasteiger partial charge in [0.15, 0.2) is 0 Å². The molecule has 0 saturated carbocycles. The summed E-state index contributed by atoms with van der Waals surface area (Å²) in [5, 5.41) is 8.17. The molecule has 0 rings (SSSR count). The first-order chi connectivity index (χ1) is 9.91. The van der Waals surface area contributed by atoms with Gasteiger partial charge >= 0.3 is 0 Å². The van der Waals surface area contributed by atoms with Gasteiger partial charge in [0.25, 0.3) is 0 Å². The van der Waals surface area contributed by atoms with Crippen molar-refractivity contribution in [3.8, 4) is 0 Å². The van der Waals surface area contributed by atoms with Crippen LogP contribution >= 0.6 is 0 Å². The molecule has 0 spiro atoms. The average Bonchev–Trinajstić information content (AvgIpc) is 2.47. The van der Waals surface area contributed by atoms with Crippen molar-refractivity contribution >= 4 is 0 Å². The lowest BCUT2D eigenvalue weighted by Gasteiger charge is -2.00. The molecule has 2 heteroatoms. The van der Waals surface area contributed by atoms with Gasteiger partial charge in [0.05, 0.1) is 6.61 Å². The van der Waals surface area contributed by atoms with Crippen LogP contribution in [0.15, 0.2) is 12.2 Å². The normalized spacial score (nSPS) is 11.5. The summed E-state index contributed by atoms with van der Waals surface area (Å²) in [5.74, 6) is 0. The van der Waals surface area contributed by atoms with Crippen LogP contribution < -0.4 is 0 Å². The summed E-state index contributed by atoms with van der Waals surface area (Å²) < 4.78 is 0. The van der Waals surface area contributed by atoms with E-state index < -0.39 is 0 Å². The van der Waals surface area contributed by atoms with Crippen molar-refractivity contribution in [2.75, 3.05) is 6.61 Å². The minimum absolute atomic E-state index is 0.487. The molecule has 0 radical (unpaired) electrons. The second-order valence-electron chi connectivity index (χ2n) is 5.77. The third-order valence-corrected chi connectivity index (χ3v) is 3.75. The van der Waals surface area contributed by atoms with E-state index in [0.29, 0.717) is 6.61 Å². The van der Waals surface area contributed by atoms with Crippen molar-refractivity contribution in [3.63, 3.8) is 0 Å². The summed E-state index contributed by atoms with van der Waals surface area (Å²) in [6.45, 7) is 2.76. The lowest BCUT2D eigenvalue weighted by molar-refractivity contribution is -0.242. The van der Waals surface area contributed by atoms with Gasteiger partial charge in [-0.2, -0.15) is 0 Å². The fraction of sp³-hybridized carbons (Fsp3) is 0.889. The van der Waals surface area contributed by atoms with Gasteiger partial charge in [-0.25, -0.2) is 4.89 Å². The lowest BCUT2D eigenvalue weighted by Crippen LogP contribution is -1.88. The molecule has 1 N–H and O–H groups in total. The summed E-state index contributed by atoms with van der Waals surface area (Å²) >= 11 is 0. The molecule has 0 aliphatic carbocycles. The molecule has 0 amide bonds. The fourth-order valence-electron chi connectivity index (χ4n) is 2.41. The van der Waals surface area contributed by atoms with E-state index in [0.717, 1.165) is 6.42 Å². The Labute approximate surface area is 126 Å². The Morgan fingerprint density at radius 2 is 1.10 bits per heavy atom. The number of allylic oxidation sites excluding steroid dienone is 2. The SMILES string of the molecule is CCCCCCCC/C=C\CCCCCCCCOO. The topological polar surface area (TPSA) is 29.5 Å². The highest BCUT2D eigenvalue weighted by Gasteiger charge is 1.91. The molecule has 120 valence electrons. The predicted octanol–water partition coefficient (Wildman–Crippen LogP) is 6.51. The van der Waals surface area contributed by atoms with Crippen LogP contribution in [0.1, 0.15) is 96.8 Å². The average molecular weight is 284 g/mol. The highest BCUT2D eigenvalue weighted by molar-refractivity contribution is 4.81. The van der Waals surface area contributed by atoms with Crippen LogP contribution in [0.3, 0.4) is 0 Å². The zero-order valence-corrected chi connectivity index (χ0v) is 13.6. The highest BCUT2D eigenvalue weighted by atomic mass is 17.1. The van der Waals surface area contributed by atoms with E-state index in [4.69, 9.17) is 5.26 Å². The Morgan fingerprint density at radius 1 is 0.650 bits per heavy atom. The molecule has 2 nitrogen and oxygen atoms in total. The quantitative estimate of drug-likeness (QED) is 0.151. The third-order valence-electron chi connectivity index (χ3n) is 3.75. The molecule has 0 atom stereocenters. The van der Waals surface area contributed by atoms with Crippen molar-refractivity contribution in [1.82, 2.24) is 0 Å². The van der Waals surface area contributed by atoms with E-state index in [1.807, 2.05) is 0 Å². The van der Waals surface area contributed by atoms with E-state index in [-0.39, 0.29) is 0 Å². The minimum Gasteiger partial charge on any atom is -0.252 e. The van der Waals surface area contributed by atoms with Gasteiger partial charge in [0, 0.05) is 0 Å². The molecule has 0 aromatic carbocycles. The van der Waals surface area contributed by atoms with E-state index in [9.17, 15) is 0 Å². The summed E-state index contributed by atoms with van der Waals surface area (Å²) in [5.41, 5.74) is 0. The maximum Gasteiger partial charge on any atom is 0.0819 e. The summed E-state index contributed by atoms with van der Waals surface area (Å²) in [6, 6.07) is 0. The summed E-state index contributed by atoms with van der Waals surface area (Å²) in [6.07, 6.45) is 23.0. The van der Waals surface area contributed by atoms with E-state index in [2.05, 4.69) is 24.0 Å². The maximum atomic E-state index is 8.17. The Morgan fingerprint density at radius 3 is 1.60 bits per heavy atom. The number of hydrogen-bond donors (Lipinski definition) is 1. The Bertz CT molecular complexity index is 190. The van der Waals surface area contributed by atoms with Gasteiger partial charge in [-0.1, -0.05) is 76.9 Å². The summed E-state index contributed by atoms with van der Waals surface area (Å²) in [7, 11) is 0. The second-order valence-corrected chi connectivity index (χ2v) is 5.77. The van der Waals surface area contributed by atoms with Crippen LogP contribution in [-0.4, -0.2) is 11.9 Å². The first-order valence-corrected chi connectivity index (χ1v) is 8.83. The van der Waals surface area contributed by atoms with E-state index in [1.54, 1.807) is 0 Å². The molecule has 0 saturated heterocycles. The van der Waals surface area contributed by atoms with E-state index >= 15 is 0 Å². The molecule has 0 unspecified atom stereocenters. The van der Waals surface area contributed by atoms with Crippen LogP contribution in [0.5, 0.6) is 0 Å². The van der Waals surface area contributed by atoms with Gasteiger partial charge in [-0.3, -0.25) is 5.26 Å². The Balaban J connectivity index is 3.01. The third kappa shape index (κ3) is 17.7. The highest BCUT2D eigenvalue weighted by Crippen LogP contribution is 2.09. The zero-order chi connectivity index (χ0) is 14.7. The van der Waals surface area contributed by atoms with Gasteiger partial charge in [-0.05, 0) is 32.1 Å². The fourth-order valence-corrected chi connectivity index (χ4v) is 2.41. The largest absolute Gasteiger partial charge is 0.252 e. The summed E-state index contributed by atoms with van der Waals surface area (Å²) in [4.78, 5) is 4.05. The molecular weight excluding hydrogens is 248 g/mol. The van der Waals surface area contributed by atoms with Crippen LogP contribution in [0.4, 0.5) is 0 Å². The molecule has 20 heavy (non-hydrogen) atoms. The Hall–Kier alpha value is -0.340. The standard InChI is InChI=1S/C18H36O2/c1-2-3-4-5-6-7-8-9-10-11-12-13-14-15-16-17-18-20-19/h9-10,19H,2-8,11-18H2,1H3/b10-9-. The number of unbranched alkanes of at least 4 members (excludes halogenated alkanes) is 12. The first-order valence-electron chi connectivity index (χ1n) is 8.83. The number of hydrogen-bond acceptors (Lipinski definition) is 2. The molecule has 0 aliphatic rings. The number of rotatable bonds is 16. The van der Waals surface area contributed by atoms with Gasteiger partial charge < -0.3 is 0 Å². The molecule has 0 aliphatic heterocycles. The van der Waals surface area contributed by atoms with Crippen molar-refractivity contribution in [1.29, 1.82) is 0 Å². The molecule has 0 fully saturated rings. The van der Waals surface area contributed by atoms with Crippen LogP contribution in [0.25, 0.3) is 0 Å².